The molecule has 0 fully saturated rings. The van der Waals surface area contributed by atoms with E-state index in [1.165, 1.54) is 6.07 Å². The topological polar surface area (TPSA) is 149 Å². The second-order valence-corrected chi connectivity index (χ2v) is 9.17. The quantitative estimate of drug-likeness (QED) is 0.251. The summed E-state index contributed by atoms with van der Waals surface area (Å²) in [6, 6.07) is 12.0. The number of nitrogens with zero attached hydrogens (tertiary/aromatic N) is 6. The third-order valence-electron chi connectivity index (χ3n) is 5.87. The van der Waals surface area contributed by atoms with Gasteiger partial charge in [-0.05, 0) is 23.8 Å². The van der Waals surface area contributed by atoms with Crippen molar-refractivity contribution in [2.24, 2.45) is 0 Å². The number of carbonyl (C=O) groups is 1. The Morgan fingerprint density at radius 1 is 1.03 bits per heavy atom. The molecule has 5 aromatic rings. The fraction of sp³-hybridized carbons (Fsp3) is 0.0800. The number of aromatic nitrogens is 5. The van der Waals surface area contributed by atoms with Crippen LogP contribution in [0.2, 0.25) is 10.0 Å². The molecule has 0 saturated carbocycles. The molecule has 0 spiro atoms. The SMILES string of the molecule is Nc1nc(-n2nc(Cc3ccccc3F)c3ncc(F)cc32)nc(N)c1N(Cc1c(Cl)cccc1Cl)C(=O)O. The van der Waals surface area contributed by atoms with E-state index in [1.54, 1.807) is 36.4 Å². The number of nitrogen functional groups attached to an aromatic ring is 2. The third kappa shape index (κ3) is 4.99. The lowest BCUT2D eigenvalue weighted by Gasteiger charge is -2.23. The zero-order chi connectivity index (χ0) is 27.8. The van der Waals surface area contributed by atoms with E-state index in [4.69, 9.17) is 34.7 Å². The molecule has 10 nitrogen and oxygen atoms in total. The van der Waals surface area contributed by atoms with Crippen molar-refractivity contribution in [1.29, 1.82) is 0 Å². The van der Waals surface area contributed by atoms with Gasteiger partial charge in [-0.1, -0.05) is 47.5 Å². The molecule has 0 atom stereocenters. The number of fused-ring (bicyclic) bond motifs is 1. The maximum atomic E-state index is 14.3. The van der Waals surface area contributed by atoms with Gasteiger partial charge in [0.15, 0.2) is 11.6 Å². The minimum absolute atomic E-state index is 0.0449. The average molecular weight is 571 g/mol. The van der Waals surface area contributed by atoms with Gasteiger partial charge in [0.25, 0.3) is 5.95 Å². The normalized spacial score (nSPS) is 11.2. The molecular weight excluding hydrogens is 553 g/mol. The van der Waals surface area contributed by atoms with Gasteiger partial charge in [0.1, 0.15) is 22.8 Å². The molecule has 198 valence electrons. The molecule has 0 aliphatic rings. The van der Waals surface area contributed by atoms with Crippen molar-refractivity contribution in [2.45, 2.75) is 13.0 Å². The number of carboxylic acid groups (broad SMARTS) is 1. The smallest absolute Gasteiger partial charge is 0.412 e. The molecule has 0 unspecified atom stereocenters. The van der Waals surface area contributed by atoms with Gasteiger partial charge in [0, 0.05) is 28.1 Å². The van der Waals surface area contributed by atoms with Gasteiger partial charge in [0.05, 0.1) is 24.0 Å². The van der Waals surface area contributed by atoms with Crippen LogP contribution in [0, 0.1) is 11.6 Å². The van der Waals surface area contributed by atoms with Crippen molar-refractivity contribution in [1.82, 2.24) is 24.7 Å². The third-order valence-corrected chi connectivity index (χ3v) is 6.57. The molecular formula is C25H18Cl2F2N8O2. The van der Waals surface area contributed by atoms with Crippen LogP contribution in [0.15, 0.2) is 54.7 Å². The summed E-state index contributed by atoms with van der Waals surface area (Å²) in [6.45, 7) is -0.294. The van der Waals surface area contributed by atoms with Gasteiger partial charge in [-0.2, -0.15) is 19.7 Å². The van der Waals surface area contributed by atoms with Crippen molar-refractivity contribution >= 4 is 57.7 Å². The van der Waals surface area contributed by atoms with E-state index in [-0.39, 0.29) is 57.3 Å². The summed E-state index contributed by atoms with van der Waals surface area (Å²) in [7, 11) is 0. The highest BCUT2D eigenvalue weighted by Crippen LogP contribution is 2.34. The molecule has 14 heteroatoms. The van der Waals surface area contributed by atoms with E-state index in [0.29, 0.717) is 16.8 Å². The van der Waals surface area contributed by atoms with E-state index in [9.17, 15) is 18.7 Å². The number of pyridine rings is 1. The van der Waals surface area contributed by atoms with Crippen LogP contribution in [0.5, 0.6) is 0 Å². The first-order chi connectivity index (χ1) is 18.6. The minimum atomic E-state index is -1.41. The van der Waals surface area contributed by atoms with Gasteiger partial charge >= 0.3 is 6.09 Å². The fourth-order valence-corrected chi connectivity index (χ4v) is 4.58. The lowest BCUT2D eigenvalue weighted by atomic mass is 10.1. The number of benzene rings is 2. The largest absolute Gasteiger partial charge is 0.465 e. The van der Waals surface area contributed by atoms with Crippen molar-refractivity contribution in [3.05, 3.63) is 93.2 Å². The van der Waals surface area contributed by atoms with E-state index in [0.717, 1.165) is 21.8 Å². The first kappa shape index (κ1) is 26.1. The Balaban J connectivity index is 1.60. The van der Waals surface area contributed by atoms with Gasteiger partial charge in [-0.15, -0.1) is 0 Å². The number of anilines is 3. The minimum Gasteiger partial charge on any atom is -0.465 e. The molecule has 5 N–H and O–H groups in total. The highest BCUT2D eigenvalue weighted by atomic mass is 35.5. The predicted octanol–water partition coefficient (Wildman–Crippen LogP) is 5.24. The summed E-state index contributed by atoms with van der Waals surface area (Å²) >= 11 is 12.4. The van der Waals surface area contributed by atoms with Gasteiger partial charge in [-0.3, -0.25) is 4.90 Å². The second kappa shape index (κ2) is 10.3. The van der Waals surface area contributed by atoms with Crippen LogP contribution < -0.4 is 16.4 Å². The summed E-state index contributed by atoms with van der Waals surface area (Å²) < 4.78 is 29.7. The summed E-state index contributed by atoms with van der Waals surface area (Å²) in [5, 5.41) is 14.8. The number of nitrogens with two attached hydrogens (primary N) is 2. The molecule has 2 aromatic carbocycles. The Morgan fingerprint density at radius 3 is 2.33 bits per heavy atom. The highest BCUT2D eigenvalue weighted by molar-refractivity contribution is 6.36. The molecule has 1 amide bonds. The Morgan fingerprint density at radius 2 is 1.69 bits per heavy atom. The fourth-order valence-electron chi connectivity index (χ4n) is 4.06. The van der Waals surface area contributed by atoms with E-state index in [1.807, 2.05) is 0 Å². The molecule has 3 aromatic heterocycles. The zero-order valence-corrected chi connectivity index (χ0v) is 21.3. The lowest BCUT2D eigenvalue weighted by molar-refractivity contribution is 0.201. The molecule has 3 heterocycles. The summed E-state index contributed by atoms with van der Waals surface area (Å²) in [5.74, 6) is -1.87. The monoisotopic (exact) mass is 570 g/mol. The van der Waals surface area contributed by atoms with Gasteiger partial charge in [-0.25, -0.2) is 18.6 Å². The Labute approximate surface area is 229 Å². The van der Waals surface area contributed by atoms with Crippen LogP contribution in [-0.2, 0) is 13.0 Å². The Kier molecular flexibility index (Phi) is 6.89. The van der Waals surface area contributed by atoms with Crippen LogP contribution in [0.4, 0.5) is 30.9 Å². The zero-order valence-electron chi connectivity index (χ0n) is 19.8. The van der Waals surface area contributed by atoms with Crippen molar-refractivity contribution in [3.63, 3.8) is 0 Å². The van der Waals surface area contributed by atoms with Gasteiger partial charge < -0.3 is 16.6 Å². The second-order valence-electron chi connectivity index (χ2n) is 8.36. The summed E-state index contributed by atoms with van der Waals surface area (Å²) in [5.41, 5.74) is 13.6. The average Bonchev–Trinajstić information content (AvgIpc) is 3.23. The molecule has 0 aliphatic carbocycles. The molecule has 39 heavy (non-hydrogen) atoms. The Bertz CT molecular complexity index is 1700. The van der Waals surface area contributed by atoms with Crippen LogP contribution >= 0.6 is 23.2 Å². The van der Waals surface area contributed by atoms with Gasteiger partial charge in [0.2, 0.25) is 0 Å². The van der Waals surface area contributed by atoms with Crippen LogP contribution in [0.1, 0.15) is 16.8 Å². The maximum absolute atomic E-state index is 14.3. The lowest BCUT2D eigenvalue weighted by Crippen LogP contribution is -2.31. The Hall–Kier alpha value is -4.55. The maximum Gasteiger partial charge on any atom is 0.412 e. The number of hydrogen-bond acceptors (Lipinski definition) is 7. The molecule has 5 rings (SSSR count). The van der Waals surface area contributed by atoms with E-state index in [2.05, 4.69) is 20.1 Å². The summed E-state index contributed by atoms with van der Waals surface area (Å²) in [4.78, 5) is 25.5. The predicted molar refractivity (Wildman–Crippen MR) is 143 cm³/mol. The number of amides is 1. The van der Waals surface area contributed by atoms with Crippen molar-refractivity contribution in [3.8, 4) is 5.95 Å². The summed E-state index contributed by atoms with van der Waals surface area (Å²) in [6.07, 6.45) is -0.358. The first-order valence-corrected chi connectivity index (χ1v) is 12.0. The standard InChI is InChI=1S/C25H18Cl2F2N8O2/c26-15-5-3-6-16(27)14(15)11-36(25(38)39)21-22(30)33-24(34-23(21)31)37-19-9-13(28)10-32-20(19)18(35-37)8-12-4-1-2-7-17(12)29/h1-7,9-10H,8,11H2,(H,38,39)(H4,30,31,33,34). The first-order valence-electron chi connectivity index (χ1n) is 11.3. The molecule has 0 saturated heterocycles. The number of rotatable bonds is 6. The molecule has 0 bridgehead atoms. The highest BCUT2D eigenvalue weighted by Gasteiger charge is 2.26. The number of hydrogen-bond donors (Lipinski definition) is 3. The number of halogens is 4. The van der Waals surface area contributed by atoms with E-state index >= 15 is 0 Å². The van der Waals surface area contributed by atoms with Crippen LogP contribution in [-0.4, -0.2) is 35.9 Å². The van der Waals surface area contributed by atoms with Crippen LogP contribution in [0.3, 0.4) is 0 Å². The molecule has 0 aliphatic heterocycles. The molecule has 0 radical (unpaired) electrons. The van der Waals surface area contributed by atoms with Crippen molar-refractivity contribution in [2.75, 3.05) is 16.4 Å². The van der Waals surface area contributed by atoms with Crippen LogP contribution in [0.25, 0.3) is 17.0 Å². The van der Waals surface area contributed by atoms with E-state index < -0.39 is 17.7 Å². The van der Waals surface area contributed by atoms with Crippen molar-refractivity contribution < 1.29 is 18.7 Å².